The minimum atomic E-state index is -0.426. The first kappa shape index (κ1) is 17.0. The van der Waals surface area contributed by atoms with E-state index in [0.717, 1.165) is 15.0 Å². The molecule has 0 unspecified atom stereocenters. The average molecular weight is 380 g/mol. The average Bonchev–Trinajstić information content (AvgIpc) is 3.10. The van der Waals surface area contributed by atoms with Gasteiger partial charge in [-0.2, -0.15) is 0 Å². The molecule has 3 rings (SSSR count). The highest BCUT2D eigenvalue weighted by Gasteiger charge is 2.21. The van der Waals surface area contributed by atoms with Crippen molar-refractivity contribution in [3.05, 3.63) is 51.2 Å². The van der Waals surface area contributed by atoms with Gasteiger partial charge in [-0.1, -0.05) is 29.8 Å². The second-order valence-corrected chi connectivity index (χ2v) is 7.81. The first-order valence-corrected chi connectivity index (χ1v) is 9.32. The SMILES string of the molecule is CCOC(=O)c1c(NC(=O)Cc2ccc(Cl)s2)sc2ccccc12. The molecule has 2 aromatic heterocycles. The molecule has 0 aliphatic rings. The Morgan fingerprint density at radius 3 is 2.67 bits per heavy atom. The molecule has 2 heterocycles. The molecule has 1 N–H and O–H groups in total. The van der Waals surface area contributed by atoms with Crippen LogP contribution in [0.5, 0.6) is 0 Å². The number of anilines is 1. The lowest BCUT2D eigenvalue weighted by Crippen LogP contribution is -2.15. The first-order chi connectivity index (χ1) is 11.6. The van der Waals surface area contributed by atoms with Crippen molar-refractivity contribution in [3.8, 4) is 0 Å². The van der Waals surface area contributed by atoms with E-state index in [2.05, 4.69) is 5.32 Å². The molecule has 0 saturated heterocycles. The van der Waals surface area contributed by atoms with Gasteiger partial charge in [0.05, 0.1) is 17.4 Å². The zero-order chi connectivity index (χ0) is 17.1. The molecule has 1 aromatic carbocycles. The highest BCUT2D eigenvalue weighted by atomic mass is 35.5. The van der Waals surface area contributed by atoms with Crippen LogP contribution in [0.15, 0.2) is 36.4 Å². The van der Waals surface area contributed by atoms with E-state index in [4.69, 9.17) is 16.3 Å². The summed E-state index contributed by atoms with van der Waals surface area (Å²) in [6.07, 6.45) is 0.216. The molecule has 0 radical (unpaired) electrons. The first-order valence-electron chi connectivity index (χ1n) is 7.31. The third kappa shape index (κ3) is 3.61. The van der Waals surface area contributed by atoms with Gasteiger partial charge in [-0.15, -0.1) is 22.7 Å². The van der Waals surface area contributed by atoms with Crippen molar-refractivity contribution in [1.29, 1.82) is 0 Å². The maximum atomic E-state index is 12.3. The molecule has 0 atom stereocenters. The fraction of sp³-hybridized carbons (Fsp3) is 0.176. The van der Waals surface area contributed by atoms with E-state index in [0.29, 0.717) is 14.9 Å². The number of amides is 1. The molecule has 1 amide bonds. The molecule has 0 saturated carbocycles. The summed E-state index contributed by atoms with van der Waals surface area (Å²) in [5.41, 5.74) is 0.412. The molecule has 24 heavy (non-hydrogen) atoms. The highest BCUT2D eigenvalue weighted by molar-refractivity contribution is 7.23. The Hall–Kier alpha value is -1.89. The predicted octanol–water partition coefficient (Wildman–Crippen LogP) is 4.97. The standard InChI is InChI=1S/C17H14ClNO3S2/c1-2-22-17(21)15-11-5-3-4-6-12(11)24-16(15)19-14(20)9-10-7-8-13(18)23-10/h3-8H,2,9H2,1H3,(H,19,20). The van der Waals surface area contributed by atoms with Gasteiger partial charge in [0.1, 0.15) is 10.6 Å². The third-order valence-corrected chi connectivity index (χ3v) is 5.61. The monoisotopic (exact) mass is 379 g/mol. The molecule has 7 heteroatoms. The van der Waals surface area contributed by atoms with Gasteiger partial charge in [-0.05, 0) is 25.1 Å². The molecule has 0 fully saturated rings. The highest BCUT2D eigenvalue weighted by Crippen LogP contribution is 2.36. The van der Waals surface area contributed by atoms with E-state index in [9.17, 15) is 9.59 Å². The maximum Gasteiger partial charge on any atom is 0.341 e. The zero-order valence-electron chi connectivity index (χ0n) is 12.8. The normalized spacial score (nSPS) is 10.8. The van der Waals surface area contributed by atoms with E-state index >= 15 is 0 Å². The van der Waals surface area contributed by atoms with Crippen molar-refractivity contribution < 1.29 is 14.3 Å². The number of hydrogen-bond acceptors (Lipinski definition) is 5. The van der Waals surface area contributed by atoms with Crippen molar-refractivity contribution in [2.24, 2.45) is 0 Å². The number of rotatable bonds is 5. The minimum absolute atomic E-state index is 0.189. The number of halogens is 1. The maximum absolute atomic E-state index is 12.3. The Morgan fingerprint density at radius 1 is 1.17 bits per heavy atom. The summed E-state index contributed by atoms with van der Waals surface area (Å²) in [5.74, 6) is -0.616. The smallest absolute Gasteiger partial charge is 0.341 e. The predicted molar refractivity (Wildman–Crippen MR) is 99.4 cm³/mol. The van der Waals surface area contributed by atoms with Gasteiger partial charge in [0, 0.05) is 15.0 Å². The fourth-order valence-electron chi connectivity index (χ4n) is 2.32. The summed E-state index contributed by atoms with van der Waals surface area (Å²) < 4.78 is 6.71. The zero-order valence-corrected chi connectivity index (χ0v) is 15.2. The second-order valence-electron chi connectivity index (χ2n) is 4.95. The number of ether oxygens (including phenoxy) is 1. The summed E-state index contributed by atoms with van der Waals surface area (Å²) in [7, 11) is 0. The van der Waals surface area contributed by atoms with E-state index < -0.39 is 5.97 Å². The van der Waals surface area contributed by atoms with E-state index in [1.165, 1.54) is 22.7 Å². The summed E-state index contributed by atoms with van der Waals surface area (Å²) in [6, 6.07) is 11.1. The van der Waals surface area contributed by atoms with E-state index in [-0.39, 0.29) is 18.9 Å². The summed E-state index contributed by atoms with van der Waals surface area (Å²) in [6.45, 7) is 2.04. The molecule has 0 bridgehead atoms. The molecular formula is C17H14ClNO3S2. The molecule has 0 spiro atoms. The van der Waals surface area contributed by atoms with Gasteiger partial charge in [0.25, 0.3) is 0 Å². The van der Waals surface area contributed by atoms with Crippen molar-refractivity contribution in [3.63, 3.8) is 0 Å². The Kier molecular flexibility index (Phi) is 5.18. The molecule has 0 aliphatic carbocycles. The van der Waals surface area contributed by atoms with Gasteiger partial charge in [-0.25, -0.2) is 4.79 Å². The fourth-order valence-corrected chi connectivity index (χ4v) is 4.51. The number of thiophene rings is 2. The van der Waals surface area contributed by atoms with Crippen molar-refractivity contribution in [2.75, 3.05) is 11.9 Å². The van der Waals surface area contributed by atoms with Crippen LogP contribution in [0.1, 0.15) is 22.2 Å². The van der Waals surface area contributed by atoms with Crippen LogP contribution in [0.25, 0.3) is 10.1 Å². The second kappa shape index (κ2) is 7.34. The van der Waals surface area contributed by atoms with Crippen molar-refractivity contribution >= 4 is 61.2 Å². The van der Waals surface area contributed by atoms with Crippen LogP contribution in [0, 0.1) is 0 Å². The Bertz CT molecular complexity index is 900. The molecule has 0 aliphatic heterocycles. The number of benzene rings is 1. The van der Waals surface area contributed by atoms with Gasteiger partial charge >= 0.3 is 5.97 Å². The summed E-state index contributed by atoms with van der Waals surface area (Å²) >= 11 is 8.62. The molecular weight excluding hydrogens is 366 g/mol. The van der Waals surface area contributed by atoms with E-state index in [1.807, 2.05) is 30.3 Å². The quantitative estimate of drug-likeness (QED) is 0.636. The summed E-state index contributed by atoms with van der Waals surface area (Å²) in [4.78, 5) is 25.5. The van der Waals surface area contributed by atoms with Crippen LogP contribution in [-0.4, -0.2) is 18.5 Å². The van der Waals surface area contributed by atoms with Crippen LogP contribution < -0.4 is 5.32 Å². The van der Waals surface area contributed by atoms with Gasteiger partial charge < -0.3 is 10.1 Å². The minimum Gasteiger partial charge on any atom is -0.462 e. The van der Waals surface area contributed by atoms with Crippen molar-refractivity contribution in [2.45, 2.75) is 13.3 Å². The number of carbonyl (C=O) groups excluding carboxylic acids is 2. The topological polar surface area (TPSA) is 55.4 Å². The van der Waals surface area contributed by atoms with Gasteiger partial charge in [0.15, 0.2) is 0 Å². The van der Waals surface area contributed by atoms with Crippen molar-refractivity contribution in [1.82, 2.24) is 0 Å². The van der Waals surface area contributed by atoms with Gasteiger partial charge in [0.2, 0.25) is 5.91 Å². The van der Waals surface area contributed by atoms with Gasteiger partial charge in [-0.3, -0.25) is 4.79 Å². The lowest BCUT2D eigenvalue weighted by molar-refractivity contribution is -0.115. The molecule has 3 aromatic rings. The van der Waals surface area contributed by atoms with E-state index in [1.54, 1.807) is 13.0 Å². The molecule has 4 nitrogen and oxygen atoms in total. The van der Waals surface area contributed by atoms with Crippen LogP contribution in [0.3, 0.4) is 0 Å². The van der Waals surface area contributed by atoms with Crippen LogP contribution >= 0.6 is 34.3 Å². The number of esters is 1. The summed E-state index contributed by atoms with van der Waals surface area (Å²) in [5, 5.41) is 4.14. The number of carbonyl (C=O) groups is 2. The number of fused-ring (bicyclic) bond motifs is 1. The third-order valence-electron chi connectivity index (χ3n) is 3.29. The number of hydrogen-bond donors (Lipinski definition) is 1. The molecule has 124 valence electrons. The number of nitrogens with one attached hydrogen (secondary N) is 1. The lowest BCUT2D eigenvalue weighted by atomic mass is 10.1. The Morgan fingerprint density at radius 2 is 1.96 bits per heavy atom. The Balaban J connectivity index is 1.89. The van der Waals surface area contributed by atoms with Crippen LogP contribution in [0.4, 0.5) is 5.00 Å². The largest absolute Gasteiger partial charge is 0.462 e. The Labute approximate surface area is 152 Å². The van der Waals surface area contributed by atoms with Crippen LogP contribution in [0.2, 0.25) is 4.34 Å². The lowest BCUT2D eigenvalue weighted by Gasteiger charge is -2.06. The van der Waals surface area contributed by atoms with Crippen LogP contribution in [-0.2, 0) is 16.0 Å².